The monoisotopic (exact) mass is 287 g/mol. The minimum atomic E-state index is -0.221. The van der Waals surface area contributed by atoms with Crippen molar-refractivity contribution in [3.63, 3.8) is 0 Å². The topological polar surface area (TPSA) is 60.2 Å². The third-order valence-electron chi connectivity index (χ3n) is 4.11. The smallest absolute Gasteiger partial charge is 0.246 e. The number of hydrogen-bond donors (Lipinski definition) is 1. The lowest BCUT2D eigenvalue weighted by Crippen LogP contribution is -2.43. The van der Waals surface area contributed by atoms with Crippen LogP contribution in [-0.4, -0.2) is 23.8 Å². The SMILES string of the molecule is COc1cc(C)ccc1-c1noc(C2(C)CCCCN2)n1. The highest BCUT2D eigenvalue weighted by Gasteiger charge is 2.34. The number of benzene rings is 1. The lowest BCUT2D eigenvalue weighted by Gasteiger charge is -2.31. The summed E-state index contributed by atoms with van der Waals surface area (Å²) >= 11 is 0. The molecule has 5 nitrogen and oxygen atoms in total. The maximum Gasteiger partial charge on any atom is 0.246 e. The van der Waals surface area contributed by atoms with Crippen molar-refractivity contribution < 1.29 is 9.26 Å². The predicted octanol–water partition coefficient (Wildman–Crippen LogP) is 3.04. The van der Waals surface area contributed by atoms with Crippen LogP contribution >= 0.6 is 0 Å². The van der Waals surface area contributed by atoms with Crippen LogP contribution in [-0.2, 0) is 5.54 Å². The van der Waals surface area contributed by atoms with Crippen LogP contribution < -0.4 is 10.1 Å². The van der Waals surface area contributed by atoms with Gasteiger partial charge in [-0.1, -0.05) is 11.2 Å². The molecule has 1 atom stereocenters. The molecule has 0 radical (unpaired) electrons. The first-order valence-electron chi connectivity index (χ1n) is 7.37. The molecule has 1 aromatic heterocycles. The quantitative estimate of drug-likeness (QED) is 0.940. The normalized spacial score (nSPS) is 22.2. The van der Waals surface area contributed by atoms with Gasteiger partial charge in [0.2, 0.25) is 11.7 Å². The van der Waals surface area contributed by atoms with Gasteiger partial charge in [0.15, 0.2) is 0 Å². The van der Waals surface area contributed by atoms with Crippen molar-refractivity contribution in [2.24, 2.45) is 0 Å². The van der Waals surface area contributed by atoms with E-state index in [1.54, 1.807) is 7.11 Å². The molecule has 0 bridgehead atoms. The van der Waals surface area contributed by atoms with Crippen LogP contribution in [0.4, 0.5) is 0 Å². The first-order chi connectivity index (χ1) is 10.1. The molecule has 0 saturated carbocycles. The lowest BCUT2D eigenvalue weighted by atomic mass is 9.91. The second-order valence-electron chi connectivity index (χ2n) is 5.84. The molecule has 1 unspecified atom stereocenters. The molecule has 5 heteroatoms. The molecule has 21 heavy (non-hydrogen) atoms. The molecule has 1 saturated heterocycles. The Kier molecular flexibility index (Phi) is 3.68. The van der Waals surface area contributed by atoms with Crippen LogP contribution in [0.25, 0.3) is 11.4 Å². The molecule has 1 fully saturated rings. The fourth-order valence-corrected chi connectivity index (χ4v) is 2.78. The molecule has 1 aliphatic rings. The summed E-state index contributed by atoms with van der Waals surface area (Å²) < 4.78 is 10.9. The molecule has 1 aromatic carbocycles. The Morgan fingerprint density at radius 3 is 2.90 bits per heavy atom. The van der Waals surface area contributed by atoms with E-state index < -0.39 is 0 Å². The summed E-state index contributed by atoms with van der Waals surface area (Å²) in [7, 11) is 1.66. The zero-order valence-corrected chi connectivity index (χ0v) is 12.8. The molecule has 0 amide bonds. The van der Waals surface area contributed by atoms with E-state index in [1.165, 1.54) is 12.8 Å². The number of nitrogens with one attached hydrogen (secondary N) is 1. The molecular formula is C16H21N3O2. The number of piperidine rings is 1. The minimum absolute atomic E-state index is 0.221. The van der Waals surface area contributed by atoms with Gasteiger partial charge in [-0.25, -0.2) is 0 Å². The molecule has 112 valence electrons. The van der Waals surface area contributed by atoms with E-state index in [4.69, 9.17) is 9.26 Å². The number of aromatic nitrogens is 2. The van der Waals surface area contributed by atoms with Crippen molar-refractivity contribution in [2.75, 3.05) is 13.7 Å². The maximum absolute atomic E-state index is 5.51. The number of nitrogens with zero attached hydrogens (tertiary/aromatic N) is 2. The largest absolute Gasteiger partial charge is 0.496 e. The van der Waals surface area contributed by atoms with E-state index in [0.717, 1.165) is 29.8 Å². The fraction of sp³-hybridized carbons (Fsp3) is 0.500. The van der Waals surface area contributed by atoms with Gasteiger partial charge in [0.25, 0.3) is 0 Å². The predicted molar refractivity (Wildman–Crippen MR) is 80.2 cm³/mol. The van der Waals surface area contributed by atoms with Crippen LogP contribution in [0.5, 0.6) is 5.75 Å². The Bertz CT molecular complexity index is 630. The standard InChI is InChI=1S/C16H21N3O2/c1-11-6-7-12(13(10-11)20-3)14-18-15(21-19-14)16(2)8-4-5-9-17-16/h6-7,10,17H,4-5,8-9H2,1-3H3. The molecular weight excluding hydrogens is 266 g/mol. The number of methoxy groups -OCH3 is 1. The Morgan fingerprint density at radius 1 is 1.33 bits per heavy atom. The van der Waals surface area contributed by atoms with Gasteiger partial charge in [0.1, 0.15) is 5.75 Å². The van der Waals surface area contributed by atoms with E-state index in [2.05, 4.69) is 22.4 Å². The van der Waals surface area contributed by atoms with Gasteiger partial charge in [-0.2, -0.15) is 4.98 Å². The van der Waals surface area contributed by atoms with Crippen molar-refractivity contribution in [1.29, 1.82) is 0 Å². The van der Waals surface area contributed by atoms with Crippen LogP contribution in [0.15, 0.2) is 22.7 Å². The van der Waals surface area contributed by atoms with Crippen molar-refractivity contribution in [2.45, 2.75) is 38.6 Å². The average molecular weight is 287 g/mol. The van der Waals surface area contributed by atoms with Crippen LogP contribution in [0, 0.1) is 6.92 Å². The maximum atomic E-state index is 5.51. The van der Waals surface area contributed by atoms with E-state index >= 15 is 0 Å². The lowest BCUT2D eigenvalue weighted by molar-refractivity contribution is 0.207. The zero-order valence-electron chi connectivity index (χ0n) is 12.8. The van der Waals surface area contributed by atoms with E-state index in [9.17, 15) is 0 Å². The summed E-state index contributed by atoms with van der Waals surface area (Å²) in [5.41, 5.74) is 1.78. The van der Waals surface area contributed by atoms with Gasteiger partial charge >= 0.3 is 0 Å². The van der Waals surface area contributed by atoms with E-state index in [-0.39, 0.29) is 5.54 Å². The van der Waals surface area contributed by atoms with Crippen molar-refractivity contribution >= 4 is 0 Å². The molecule has 3 rings (SSSR count). The molecule has 2 heterocycles. The molecule has 1 N–H and O–H groups in total. The van der Waals surface area contributed by atoms with Crippen LogP contribution in [0.2, 0.25) is 0 Å². The fourth-order valence-electron chi connectivity index (χ4n) is 2.78. The number of ether oxygens (including phenoxy) is 1. The van der Waals surface area contributed by atoms with Gasteiger partial charge in [-0.3, -0.25) is 0 Å². The minimum Gasteiger partial charge on any atom is -0.496 e. The van der Waals surface area contributed by atoms with E-state index in [0.29, 0.717) is 11.7 Å². The highest BCUT2D eigenvalue weighted by molar-refractivity contribution is 5.64. The molecule has 2 aromatic rings. The first kappa shape index (κ1) is 14.1. The average Bonchev–Trinajstić information content (AvgIpc) is 2.98. The van der Waals surface area contributed by atoms with Gasteiger partial charge in [0.05, 0.1) is 18.2 Å². The van der Waals surface area contributed by atoms with Gasteiger partial charge in [-0.05, 0) is 57.4 Å². The number of aryl methyl sites for hydroxylation is 1. The summed E-state index contributed by atoms with van der Waals surface area (Å²) in [6.45, 7) is 5.14. The third-order valence-corrected chi connectivity index (χ3v) is 4.11. The highest BCUT2D eigenvalue weighted by atomic mass is 16.5. The van der Waals surface area contributed by atoms with Crippen LogP contribution in [0.1, 0.15) is 37.6 Å². The van der Waals surface area contributed by atoms with Crippen LogP contribution in [0.3, 0.4) is 0 Å². The van der Waals surface area contributed by atoms with Crippen molar-refractivity contribution in [3.8, 4) is 17.1 Å². The van der Waals surface area contributed by atoms with Crippen molar-refractivity contribution in [1.82, 2.24) is 15.5 Å². The first-order valence-corrected chi connectivity index (χ1v) is 7.37. The second kappa shape index (κ2) is 5.48. The van der Waals surface area contributed by atoms with E-state index in [1.807, 2.05) is 25.1 Å². The summed E-state index contributed by atoms with van der Waals surface area (Å²) in [6.07, 6.45) is 3.39. The summed E-state index contributed by atoms with van der Waals surface area (Å²) in [6, 6.07) is 5.97. The van der Waals surface area contributed by atoms with Crippen molar-refractivity contribution in [3.05, 3.63) is 29.7 Å². The summed E-state index contributed by atoms with van der Waals surface area (Å²) in [4.78, 5) is 4.59. The Morgan fingerprint density at radius 2 is 2.19 bits per heavy atom. The van der Waals surface area contributed by atoms with Gasteiger partial charge in [-0.15, -0.1) is 0 Å². The Labute approximate surface area is 124 Å². The highest BCUT2D eigenvalue weighted by Crippen LogP contribution is 2.33. The second-order valence-corrected chi connectivity index (χ2v) is 5.84. The number of rotatable bonds is 3. The number of hydrogen-bond acceptors (Lipinski definition) is 5. The molecule has 0 aliphatic carbocycles. The van der Waals surface area contributed by atoms with Gasteiger partial charge < -0.3 is 14.6 Å². The Balaban J connectivity index is 1.95. The molecule has 0 spiro atoms. The summed E-state index contributed by atoms with van der Waals surface area (Å²) in [5.74, 6) is 2.00. The summed E-state index contributed by atoms with van der Waals surface area (Å²) in [5, 5.41) is 7.63. The Hall–Kier alpha value is -1.88. The third kappa shape index (κ3) is 2.65. The zero-order chi connectivity index (χ0) is 14.9. The molecule has 1 aliphatic heterocycles. The van der Waals surface area contributed by atoms with Gasteiger partial charge in [0, 0.05) is 0 Å².